The van der Waals surface area contributed by atoms with E-state index in [0.29, 0.717) is 34.7 Å². The molecule has 2 aromatic carbocycles. The van der Waals surface area contributed by atoms with Crippen molar-refractivity contribution in [1.29, 1.82) is 0 Å². The van der Waals surface area contributed by atoms with Gasteiger partial charge in [-0.05, 0) is 49.6 Å². The topological polar surface area (TPSA) is 30.5 Å². The highest BCUT2D eigenvalue weighted by Crippen LogP contribution is 2.31. The normalized spacial score (nSPS) is 15.2. The maximum absolute atomic E-state index is 14.0. The van der Waals surface area contributed by atoms with Crippen LogP contribution in [0.2, 0.25) is 5.02 Å². The van der Waals surface area contributed by atoms with E-state index in [0.717, 1.165) is 12.1 Å². The second-order valence-corrected chi connectivity index (χ2v) is 7.68. The number of rotatable bonds is 8. The molecule has 3 nitrogen and oxygen atoms in total. The van der Waals surface area contributed by atoms with E-state index in [1.807, 2.05) is 25.1 Å². The molecule has 0 bridgehead atoms. The summed E-state index contributed by atoms with van der Waals surface area (Å²) in [5.74, 6) is 0.907. The van der Waals surface area contributed by atoms with Crippen LogP contribution in [0.3, 0.4) is 0 Å². The number of halogens is 2. The molecular weight excluding hydrogens is 377 g/mol. The minimum Gasteiger partial charge on any atom is -0.490 e. The van der Waals surface area contributed by atoms with Crippen LogP contribution in [0.25, 0.3) is 0 Å². The summed E-state index contributed by atoms with van der Waals surface area (Å²) in [5, 5.41) is 4.04. The van der Waals surface area contributed by atoms with Gasteiger partial charge in [0.25, 0.3) is 0 Å². The van der Waals surface area contributed by atoms with Crippen LogP contribution in [-0.4, -0.2) is 12.6 Å². The van der Waals surface area contributed by atoms with Crippen LogP contribution in [0.1, 0.15) is 56.6 Å². The SMILES string of the molecule is CCOc1cc(CNC2CCCCCC2)ccc1OCc1c(F)cccc1Cl. The second kappa shape index (κ2) is 10.7. The minimum absolute atomic E-state index is 0.0608. The van der Waals surface area contributed by atoms with E-state index in [1.165, 1.54) is 44.6 Å². The van der Waals surface area contributed by atoms with E-state index in [-0.39, 0.29) is 12.4 Å². The Morgan fingerprint density at radius 3 is 2.54 bits per heavy atom. The molecule has 28 heavy (non-hydrogen) atoms. The van der Waals surface area contributed by atoms with Crippen LogP contribution >= 0.6 is 11.6 Å². The van der Waals surface area contributed by atoms with Crippen molar-refractivity contribution in [2.75, 3.05) is 6.61 Å². The lowest BCUT2D eigenvalue weighted by atomic mass is 10.1. The Kier molecular flexibility index (Phi) is 7.99. The monoisotopic (exact) mass is 405 g/mol. The van der Waals surface area contributed by atoms with E-state index >= 15 is 0 Å². The van der Waals surface area contributed by atoms with Crippen molar-refractivity contribution < 1.29 is 13.9 Å². The Morgan fingerprint density at radius 1 is 1.04 bits per heavy atom. The van der Waals surface area contributed by atoms with Crippen LogP contribution in [0.15, 0.2) is 36.4 Å². The van der Waals surface area contributed by atoms with Crippen molar-refractivity contribution in [3.05, 3.63) is 58.4 Å². The number of nitrogens with one attached hydrogen (secondary N) is 1. The smallest absolute Gasteiger partial charge is 0.161 e. The Labute approximate surface area is 172 Å². The largest absolute Gasteiger partial charge is 0.490 e. The van der Waals surface area contributed by atoms with E-state index in [9.17, 15) is 4.39 Å². The molecular formula is C23H29ClFNO2. The van der Waals surface area contributed by atoms with Crippen molar-refractivity contribution in [1.82, 2.24) is 5.32 Å². The predicted octanol–water partition coefficient (Wildman–Crippen LogP) is 6.27. The molecule has 0 unspecified atom stereocenters. The molecule has 0 aromatic heterocycles. The molecule has 1 saturated carbocycles. The lowest BCUT2D eigenvalue weighted by Crippen LogP contribution is -2.27. The molecule has 1 aliphatic carbocycles. The van der Waals surface area contributed by atoms with Gasteiger partial charge in [-0.25, -0.2) is 4.39 Å². The quantitative estimate of drug-likeness (QED) is 0.525. The average Bonchev–Trinajstić information content (AvgIpc) is 2.96. The molecule has 0 aliphatic heterocycles. The summed E-state index contributed by atoms with van der Waals surface area (Å²) < 4.78 is 25.6. The summed E-state index contributed by atoms with van der Waals surface area (Å²) in [4.78, 5) is 0. The first-order chi connectivity index (χ1) is 13.7. The minimum atomic E-state index is -0.366. The molecule has 152 valence electrons. The first-order valence-corrected chi connectivity index (χ1v) is 10.6. The molecule has 1 N–H and O–H groups in total. The fraction of sp³-hybridized carbons (Fsp3) is 0.478. The summed E-state index contributed by atoms with van der Waals surface area (Å²) >= 11 is 6.09. The fourth-order valence-corrected chi connectivity index (χ4v) is 3.83. The zero-order valence-electron chi connectivity index (χ0n) is 16.5. The molecule has 0 amide bonds. The van der Waals surface area contributed by atoms with Gasteiger partial charge in [0.15, 0.2) is 11.5 Å². The molecule has 0 saturated heterocycles. The Balaban J connectivity index is 1.64. The van der Waals surface area contributed by atoms with E-state index in [4.69, 9.17) is 21.1 Å². The first-order valence-electron chi connectivity index (χ1n) is 10.2. The van der Waals surface area contributed by atoms with E-state index < -0.39 is 0 Å². The van der Waals surface area contributed by atoms with Crippen molar-refractivity contribution in [2.45, 2.75) is 64.6 Å². The maximum atomic E-state index is 14.0. The van der Waals surface area contributed by atoms with Gasteiger partial charge >= 0.3 is 0 Å². The molecule has 0 heterocycles. The van der Waals surface area contributed by atoms with Gasteiger partial charge in [0.1, 0.15) is 12.4 Å². The number of benzene rings is 2. The molecule has 3 rings (SSSR count). The van der Waals surface area contributed by atoms with Gasteiger partial charge in [-0.2, -0.15) is 0 Å². The second-order valence-electron chi connectivity index (χ2n) is 7.27. The zero-order chi connectivity index (χ0) is 19.8. The number of hydrogen-bond acceptors (Lipinski definition) is 3. The van der Waals surface area contributed by atoms with Gasteiger partial charge in [0, 0.05) is 18.2 Å². The van der Waals surface area contributed by atoms with Crippen molar-refractivity contribution >= 4 is 11.6 Å². The average molecular weight is 406 g/mol. The number of ether oxygens (including phenoxy) is 2. The lowest BCUT2D eigenvalue weighted by molar-refractivity contribution is 0.265. The summed E-state index contributed by atoms with van der Waals surface area (Å²) in [6.07, 6.45) is 7.84. The predicted molar refractivity (Wildman–Crippen MR) is 112 cm³/mol. The van der Waals surface area contributed by atoms with Gasteiger partial charge < -0.3 is 14.8 Å². The van der Waals surface area contributed by atoms with Gasteiger partial charge in [0.2, 0.25) is 0 Å². The van der Waals surface area contributed by atoms with Gasteiger partial charge in [-0.1, -0.05) is 49.4 Å². The highest BCUT2D eigenvalue weighted by Gasteiger charge is 2.14. The summed E-state index contributed by atoms with van der Waals surface area (Å²) in [7, 11) is 0. The molecule has 0 spiro atoms. The Bertz CT molecular complexity index is 740. The third kappa shape index (κ3) is 5.86. The van der Waals surface area contributed by atoms with Gasteiger partial charge in [-0.3, -0.25) is 0 Å². The summed E-state index contributed by atoms with van der Waals surface area (Å²) in [6.45, 7) is 3.35. The molecule has 1 fully saturated rings. The number of hydrogen-bond donors (Lipinski definition) is 1. The van der Waals surface area contributed by atoms with Gasteiger partial charge in [0.05, 0.1) is 11.6 Å². The first kappa shape index (κ1) is 20.9. The third-order valence-corrected chi connectivity index (χ3v) is 5.55. The van der Waals surface area contributed by atoms with Gasteiger partial charge in [-0.15, -0.1) is 0 Å². The Hall–Kier alpha value is -1.78. The lowest BCUT2D eigenvalue weighted by Gasteiger charge is -2.18. The molecule has 5 heteroatoms. The summed E-state index contributed by atoms with van der Waals surface area (Å²) in [5.41, 5.74) is 1.51. The standard InChI is InChI=1S/C23H29ClFNO2/c1-2-27-23-14-17(15-26-18-8-5-3-4-6-9-18)12-13-22(23)28-16-19-20(24)10-7-11-21(19)25/h7,10-14,18,26H,2-6,8-9,15-16H2,1H3. The van der Waals surface area contributed by atoms with Crippen LogP contribution in [-0.2, 0) is 13.2 Å². The molecule has 2 aromatic rings. The summed E-state index contributed by atoms with van der Waals surface area (Å²) in [6, 6.07) is 11.2. The fourth-order valence-electron chi connectivity index (χ4n) is 3.62. The highest BCUT2D eigenvalue weighted by atomic mass is 35.5. The highest BCUT2D eigenvalue weighted by molar-refractivity contribution is 6.31. The van der Waals surface area contributed by atoms with Crippen LogP contribution in [0, 0.1) is 5.82 Å². The third-order valence-electron chi connectivity index (χ3n) is 5.19. The van der Waals surface area contributed by atoms with Crippen molar-refractivity contribution in [3.8, 4) is 11.5 Å². The van der Waals surface area contributed by atoms with Crippen LogP contribution < -0.4 is 14.8 Å². The van der Waals surface area contributed by atoms with Crippen LogP contribution in [0.4, 0.5) is 4.39 Å². The molecule has 0 atom stereocenters. The van der Waals surface area contributed by atoms with Crippen LogP contribution in [0.5, 0.6) is 11.5 Å². The zero-order valence-corrected chi connectivity index (χ0v) is 17.2. The Morgan fingerprint density at radius 2 is 1.82 bits per heavy atom. The maximum Gasteiger partial charge on any atom is 0.161 e. The molecule has 0 radical (unpaired) electrons. The molecule has 1 aliphatic rings. The van der Waals surface area contributed by atoms with Crippen molar-refractivity contribution in [2.24, 2.45) is 0 Å². The van der Waals surface area contributed by atoms with E-state index in [1.54, 1.807) is 12.1 Å². The van der Waals surface area contributed by atoms with Crippen molar-refractivity contribution in [3.63, 3.8) is 0 Å². The van der Waals surface area contributed by atoms with E-state index in [2.05, 4.69) is 5.32 Å².